The lowest BCUT2D eigenvalue weighted by Gasteiger charge is -2.45. The summed E-state index contributed by atoms with van der Waals surface area (Å²) in [4.78, 5) is 18.3. The maximum absolute atomic E-state index is 12.2. The van der Waals surface area contributed by atoms with Crippen LogP contribution in [0.15, 0.2) is 35.9 Å². The lowest BCUT2D eigenvalue weighted by Crippen LogP contribution is -2.45. The Kier molecular flexibility index (Phi) is 4.59. The van der Waals surface area contributed by atoms with Gasteiger partial charge in [0.1, 0.15) is 0 Å². The molecule has 2 aliphatic rings. The Morgan fingerprint density at radius 1 is 1.46 bits per heavy atom. The zero-order chi connectivity index (χ0) is 18.3. The van der Waals surface area contributed by atoms with Crippen LogP contribution in [-0.4, -0.2) is 47.8 Å². The lowest BCUT2D eigenvalue weighted by molar-refractivity contribution is -0.149. The van der Waals surface area contributed by atoms with E-state index >= 15 is 0 Å². The predicted molar refractivity (Wildman–Crippen MR) is 101 cm³/mol. The number of nitrogens with one attached hydrogen (secondary N) is 1. The molecule has 3 heterocycles. The molecule has 1 fully saturated rings. The summed E-state index contributed by atoms with van der Waals surface area (Å²) in [6.07, 6.45) is 3.96. The molecule has 1 aromatic carbocycles. The molecule has 0 amide bonds. The first kappa shape index (κ1) is 17.3. The van der Waals surface area contributed by atoms with Crippen LogP contribution in [0.2, 0.25) is 0 Å². The molecule has 5 nitrogen and oxygen atoms in total. The van der Waals surface area contributed by atoms with Crippen molar-refractivity contribution in [3.8, 4) is 0 Å². The molecule has 5 heteroatoms. The molecule has 26 heavy (non-hydrogen) atoms. The van der Waals surface area contributed by atoms with E-state index in [1.54, 1.807) is 0 Å². The van der Waals surface area contributed by atoms with E-state index in [9.17, 15) is 9.90 Å². The summed E-state index contributed by atoms with van der Waals surface area (Å²) in [5.41, 5.74) is 5.09. The van der Waals surface area contributed by atoms with Crippen molar-refractivity contribution in [1.29, 1.82) is 0 Å². The highest BCUT2D eigenvalue weighted by Gasteiger charge is 2.42. The summed E-state index contributed by atoms with van der Waals surface area (Å²) in [6, 6.07) is 8.70. The zero-order valence-corrected chi connectivity index (χ0v) is 15.4. The van der Waals surface area contributed by atoms with Crippen LogP contribution in [0.3, 0.4) is 0 Å². The van der Waals surface area contributed by atoms with E-state index in [-0.39, 0.29) is 24.5 Å². The number of aromatic nitrogens is 1. The quantitative estimate of drug-likeness (QED) is 0.657. The molecule has 0 spiro atoms. The van der Waals surface area contributed by atoms with Gasteiger partial charge in [-0.15, -0.1) is 0 Å². The summed E-state index contributed by atoms with van der Waals surface area (Å²) in [5.74, 6) is -0.808. The van der Waals surface area contributed by atoms with Crippen LogP contribution in [0.1, 0.15) is 30.6 Å². The number of carbonyl (C=O) groups excluding carboxylic acids is 1. The molecule has 4 rings (SSSR count). The molecular formula is C21H26N2O3. The molecular weight excluding hydrogens is 328 g/mol. The Labute approximate surface area is 153 Å². The third kappa shape index (κ3) is 2.66. The normalized spacial score (nSPS) is 25.7. The molecule has 2 N–H and O–H groups in total. The van der Waals surface area contributed by atoms with Gasteiger partial charge in [0.15, 0.2) is 0 Å². The van der Waals surface area contributed by atoms with E-state index in [4.69, 9.17) is 4.74 Å². The van der Waals surface area contributed by atoms with E-state index in [2.05, 4.69) is 40.2 Å². The number of methoxy groups -OCH3 is 1. The third-order valence-electron chi connectivity index (χ3n) is 6.17. The molecule has 138 valence electrons. The molecule has 1 saturated heterocycles. The number of esters is 1. The SMILES string of the molecule is C/C=C1\CN2CCc3c([nH]c4ccccc34)[C@@H]2C[C@@H]1[C@@H](CO)C(=O)OC. The molecule has 1 aromatic heterocycles. The maximum atomic E-state index is 12.2. The minimum atomic E-state index is -0.497. The smallest absolute Gasteiger partial charge is 0.311 e. The highest BCUT2D eigenvalue weighted by Crippen LogP contribution is 2.44. The van der Waals surface area contributed by atoms with Crippen LogP contribution in [0, 0.1) is 11.8 Å². The molecule has 0 aliphatic carbocycles. The van der Waals surface area contributed by atoms with Gasteiger partial charge in [-0.25, -0.2) is 0 Å². The summed E-state index contributed by atoms with van der Waals surface area (Å²) in [7, 11) is 1.39. The average molecular weight is 354 g/mol. The maximum Gasteiger partial charge on any atom is 0.311 e. The summed E-state index contributed by atoms with van der Waals surface area (Å²) < 4.78 is 4.96. The number of aromatic amines is 1. The van der Waals surface area contributed by atoms with Crippen molar-refractivity contribution in [2.24, 2.45) is 11.8 Å². The van der Waals surface area contributed by atoms with Crippen LogP contribution in [-0.2, 0) is 16.0 Å². The Morgan fingerprint density at radius 2 is 2.27 bits per heavy atom. The Bertz CT molecular complexity index is 854. The van der Waals surface area contributed by atoms with Gasteiger partial charge >= 0.3 is 5.97 Å². The summed E-state index contributed by atoms with van der Waals surface area (Å²) in [5, 5.41) is 11.2. The van der Waals surface area contributed by atoms with Gasteiger partial charge in [-0.05, 0) is 37.3 Å². The van der Waals surface area contributed by atoms with E-state index < -0.39 is 5.92 Å². The topological polar surface area (TPSA) is 65.6 Å². The second-order valence-corrected chi connectivity index (χ2v) is 7.32. The Balaban J connectivity index is 1.73. The minimum absolute atomic E-state index is 0.0102. The van der Waals surface area contributed by atoms with E-state index in [1.165, 1.54) is 34.8 Å². The predicted octanol–water partition coefficient (Wildman–Crippen LogP) is 2.81. The number of hydrogen-bond donors (Lipinski definition) is 2. The number of carbonyl (C=O) groups is 1. The molecule has 0 radical (unpaired) electrons. The second kappa shape index (κ2) is 6.89. The van der Waals surface area contributed by atoms with E-state index in [0.29, 0.717) is 0 Å². The number of piperidine rings is 1. The van der Waals surface area contributed by atoms with Gasteiger partial charge < -0.3 is 14.8 Å². The van der Waals surface area contributed by atoms with Crippen molar-refractivity contribution >= 4 is 16.9 Å². The number of H-pyrrole nitrogens is 1. The van der Waals surface area contributed by atoms with Crippen LogP contribution < -0.4 is 0 Å². The van der Waals surface area contributed by atoms with Gasteiger partial charge in [0.25, 0.3) is 0 Å². The number of ether oxygens (including phenoxy) is 1. The van der Waals surface area contributed by atoms with Crippen molar-refractivity contribution in [3.63, 3.8) is 0 Å². The first-order chi connectivity index (χ1) is 12.7. The second-order valence-electron chi connectivity index (χ2n) is 7.32. The van der Waals surface area contributed by atoms with Crippen LogP contribution in [0.5, 0.6) is 0 Å². The first-order valence-corrected chi connectivity index (χ1v) is 9.35. The van der Waals surface area contributed by atoms with Crippen LogP contribution in [0.25, 0.3) is 10.9 Å². The van der Waals surface area contributed by atoms with Gasteiger partial charge in [0.2, 0.25) is 0 Å². The summed E-state index contributed by atoms with van der Waals surface area (Å²) in [6.45, 7) is 3.70. The number of nitrogens with zero attached hydrogens (tertiary/aromatic N) is 1. The van der Waals surface area contributed by atoms with Crippen LogP contribution in [0.4, 0.5) is 0 Å². The minimum Gasteiger partial charge on any atom is -0.469 e. The van der Waals surface area contributed by atoms with Gasteiger partial charge in [0.05, 0.1) is 25.7 Å². The molecule has 3 atom stereocenters. The first-order valence-electron chi connectivity index (χ1n) is 9.35. The average Bonchev–Trinajstić information content (AvgIpc) is 3.07. The third-order valence-corrected chi connectivity index (χ3v) is 6.17. The summed E-state index contributed by atoms with van der Waals surface area (Å²) >= 11 is 0. The molecule has 2 aliphatic heterocycles. The van der Waals surface area contributed by atoms with Gasteiger partial charge in [-0.1, -0.05) is 29.8 Å². The number of aliphatic hydroxyl groups is 1. The van der Waals surface area contributed by atoms with Crippen LogP contribution >= 0.6 is 0 Å². The largest absolute Gasteiger partial charge is 0.469 e. The van der Waals surface area contributed by atoms with Crippen molar-refractivity contribution in [3.05, 3.63) is 47.2 Å². The fourth-order valence-corrected chi connectivity index (χ4v) is 4.81. The van der Waals surface area contributed by atoms with E-state index in [1.807, 2.05) is 6.92 Å². The zero-order valence-electron chi connectivity index (χ0n) is 15.4. The molecule has 0 unspecified atom stereocenters. The van der Waals surface area contributed by atoms with E-state index in [0.717, 1.165) is 25.9 Å². The highest BCUT2D eigenvalue weighted by molar-refractivity contribution is 5.85. The van der Waals surface area contributed by atoms with Crippen molar-refractivity contribution in [1.82, 2.24) is 9.88 Å². The Morgan fingerprint density at radius 3 is 3.00 bits per heavy atom. The molecule has 0 saturated carbocycles. The van der Waals surface area contributed by atoms with Gasteiger partial charge in [-0.2, -0.15) is 0 Å². The lowest BCUT2D eigenvalue weighted by atomic mass is 9.75. The van der Waals surface area contributed by atoms with Crippen molar-refractivity contribution in [2.45, 2.75) is 25.8 Å². The number of rotatable bonds is 3. The number of aliphatic hydroxyl groups excluding tert-OH is 1. The molecule has 2 aromatic rings. The molecule has 0 bridgehead atoms. The fourth-order valence-electron chi connectivity index (χ4n) is 4.81. The number of hydrogen-bond acceptors (Lipinski definition) is 4. The fraction of sp³-hybridized carbons (Fsp3) is 0.476. The highest BCUT2D eigenvalue weighted by atomic mass is 16.5. The number of allylic oxidation sites excluding steroid dienone is 1. The number of benzene rings is 1. The van der Waals surface area contributed by atoms with Crippen molar-refractivity contribution < 1.29 is 14.6 Å². The van der Waals surface area contributed by atoms with Crippen molar-refractivity contribution in [2.75, 3.05) is 26.8 Å². The number of para-hydroxylation sites is 1. The Hall–Kier alpha value is -2.11. The van der Waals surface area contributed by atoms with Gasteiger partial charge in [0, 0.05) is 29.7 Å². The number of fused-ring (bicyclic) bond motifs is 5. The van der Waals surface area contributed by atoms with Gasteiger partial charge in [-0.3, -0.25) is 9.69 Å². The monoisotopic (exact) mass is 354 g/mol. The standard InChI is InChI=1S/C21H26N2O3/c1-3-13-11-23-9-8-15-14-6-4-5-7-18(14)22-20(15)19(23)10-16(13)17(12-24)21(25)26-2/h3-7,16-17,19,22,24H,8-12H2,1-2H3/b13-3+/t16-,17+,19-/m0/s1.